The molecule has 0 bridgehead atoms. The minimum Gasteiger partial charge on any atom is -0.357 e. The molecule has 6 heteroatoms. The van der Waals surface area contributed by atoms with Gasteiger partial charge in [-0.25, -0.2) is 8.42 Å². The highest BCUT2D eigenvalue weighted by Gasteiger charge is 2.30. The molecule has 0 spiro atoms. The van der Waals surface area contributed by atoms with Gasteiger partial charge in [0.05, 0.1) is 6.54 Å². The summed E-state index contributed by atoms with van der Waals surface area (Å²) in [4.78, 5) is 3.36. The molecule has 1 N–H and O–H groups in total. The lowest BCUT2D eigenvalue weighted by atomic mass is 10.1. The van der Waals surface area contributed by atoms with Gasteiger partial charge in [0.1, 0.15) is 4.21 Å². The fraction of sp³-hybridized carbons (Fsp3) is 0.200. The number of nitrogens with one attached hydrogen (secondary N) is 1. The maximum absolute atomic E-state index is 12.6. The van der Waals surface area contributed by atoms with Crippen molar-refractivity contribution < 1.29 is 8.42 Å². The molecule has 1 aliphatic heterocycles. The van der Waals surface area contributed by atoms with Crippen molar-refractivity contribution in [3.8, 4) is 0 Å². The van der Waals surface area contributed by atoms with E-state index in [2.05, 4.69) is 11.1 Å². The van der Waals surface area contributed by atoms with Gasteiger partial charge in [0.25, 0.3) is 10.0 Å². The van der Waals surface area contributed by atoms with Crippen LogP contribution in [0, 0.1) is 0 Å². The number of aromatic nitrogens is 1. The van der Waals surface area contributed by atoms with Crippen molar-refractivity contribution in [2.24, 2.45) is 0 Å². The highest BCUT2D eigenvalue weighted by Crippen LogP contribution is 2.31. The van der Waals surface area contributed by atoms with E-state index < -0.39 is 10.0 Å². The first-order chi connectivity index (χ1) is 10.2. The highest BCUT2D eigenvalue weighted by molar-refractivity contribution is 7.91. The number of aromatic amines is 1. The number of rotatable bonds is 2. The molecule has 0 atom stereocenters. The van der Waals surface area contributed by atoms with E-state index in [1.165, 1.54) is 22.3 Å². The average Bonchev–Trinajstić information content (AvgIpc) is 3.14. The Morgan fingerprint density at radius 2 is 2.00 bits per heavy atom. The Balaban J connectivity index is 1.74. The van der Waals surface area contributed by atoms with Crippen LogP contribution in [0.15, 0.2) is 46.0 Å². The normalized spacial score (nSPS) is 16.2. The molecule has 0 saturated carbocycles. The molecular weight excluding hydrogens is 304 g/mol. The first-order valence-corrected chi connectivity index (χ1v) is 9.10. The molecule has 1 aromatic carbocycles. The maximum atomic E-state index is 12.6. The number of benzene rings is 1. The maximum Gasteiger partial charge on any atom is 0.252 e. The summed E-state index contributed by atoms with van der Waals surface area (Å²) >= 11 is 1.27. The van der Waals surface area contributed by atoms with Crippen molar-refractivity contribution >= 4 is 32.3 Å². The smallest absolute Gasteiger partial charge is 0.252 e. The van der Waals surface area contributed by atoms with E-state index in [-0.39, 0.29) is 0 Å². The molecule has 0 fully saturated rings. The van der Waals surface area contributed by atoms with Crippen LogP contribution in [0.2, 0.25) is 0 Å². The van der Waals surface area contributed by atoms with Crippen LogP contribution in [-0.2, 0) is 23.0 Å². The number of sulfonamides is 1. The predicted octanol–water partition coefficient (Wildman–Crippen LogP) is 2.98. The minimum atomic E-state index is -3.37. The van der Waals surface area contributed by atoms with Crippen LogP contribution in [0.4, 0.5) is 0 Å². The Labute approximate surface area is 127 Å². The lowest BCUT2D eigenvalue weighted by Crippen LogP contribution is -2.35. The minimum absolute atomic E-state index is 0.419. The quantitative estimate of drug-likeness (QED) is 0.790. The van der Waals surface area contributed by atoms with Crippen molar-refractivity contribution in [3.63, 3.8) is 0 Å². The number of thiophene rings is 1. The summed E-state index contributed by atoms with van der Waals surface area (Å²) in [6, 6.07) is 11.6. The molecule has 1 aliphatic rings. The Bertz CT molecular complexity index is 895. The Hall–Kier alpha value is -1.63. The van der Waals surface area contributed by atoms with Gasteiger partial charge in [-0.1, -0.05) is 24.3 Å². The number of hydrogen-bond acceptors (Lipinski definition) is 3. The number of nitrogens with zero attached hydrogens (tertiary/aromatic N) is 1. The largest absolute Gasteiger partial charge is 0.357 e. The monoisotopic (exact) mass is 318 g/mol. The van der Waals surface area contributed by atoms with Gasteiger partial charge in [-0.3, -0.25) is 0 Å². The van der Waals surface area contributed by atoms with Gasteiger partial charge >= 0.3 is 0 Å². The molecule has 4 rings (SSSR count). The Morgan fingerprint density at radius 3 is 2.81 bits per heavy atom. The summed E-state index contributed by atoms with van der Waals surface area (Å²) in [5.74, 6) is 0. The van der Waals surface area contributed by atoms with Gasteiger partial charge in [-0.2, -0.15) is 4.31 Å². The second-order valence-electron chi connectivity index (χ2n) is 5.15. The molecule has 4 nitrogen and oxygen atoms in total. The first-order valence-electron chi connectivity index (χ1n) is 6.78. The molecule has 3 aromatic rings. The van der Waals surface area contributed by atoms with E-state index in [1.807, 2.05) is 18.2 Å². The van der Waals surface area contributed by atoms with Crippen molar-refractivity contribution in [3.05, 3.63) is 53.0 Å². The fourth-order valence-electron chi connectivity index (χ4n) is 2.91. The second kappa shape index (κ2) is 4.69. The van der Waals surface area contributed by atoms with E-state index >= 15 is 0 Å². The van der Waals surface area contributed by atoms with Crippen LogP contribution in [-0.4, -0.2) is 24.3 Å². The summed E-state index contributed by atoms with van der Waals surface area (Å²) in [5.41, 5.74) is 3.35. The van der Waals surface area contributed by atoms with Crippen LogP contribution in [0.25, 0.3) is 10.9 Å². The van der Waals surface area contributed by atoms with Gasteiger partial charge in [0, 0.05) is 23.1 Å². The molecule has 0 saturated heterocycles. The van der Waals surface area contributed by atoms with Crippen molar-refractivity contribution in [2.45, 2.75) is 17.2 Å². The van der Waals surface area contributed by atoms with Crippen LogP contribution < -0.4 is 0 Å². The third-order valence-corrected chi connectivity index (χ3v) is 7.16. The molecule has 0 aliphatic carbocycles. The van der Waals surface area contributed by atoms with E-state index in [0.29, 0.717) is 17.3 Å². The summed E-state index contributed by atoms with van der Waals surface area (Å²) in [7, 11) is -3.37. The molecule has 108 valence electrons. The zero-order valence-corrected chi connectivity index (χ0v) is 12.9. The SMILES string of the molecule is O=S(=O)(c1cccs1)N1CCc2c([nH]c3ccccc23)C1. The van der Waals surface area contributed by atoms with E-state index in [9.17, 15) is 8.42 Å². The molecule has 0 unspecified atom stereocenters. The molecule has 3 heterocycles. The molecular formula is C15H14N2O2S2. The number of para-hydroxylation sites is 1. The van der Waals surface area contributed by atoms with Gasteiger partial charge < -0.3 is 4.98 Å². The zero-order chi connectivity index (χ0) is 14.4. The third-order valence-electron chi connectivity index (χ3n) is 3.94. The first kappa shape index (κ1) is 13.1. The topological polar surface area (TPSA) is 53.2 Å². The van der Waals surface area contributed by atoms with E-state index in [0.717, 1.165) is 17.6 Å². The number of fused-ring (bicyclic) bond motifs is 3. The molecule has 21 heavy (non-hydrogen) atoms. The van der Waals surface area contributed by atoms with Crippen molar-refractivity contribution in [2.75, 3.05) is 6.54 Å². The summed E-state index contributed by atoms with van der Waals surface area (Å²) in [5, 5.41) is 3.01. The summed E-state index contributed by atoms with van der Waals surface area (Å²) in [6.07, 6.45) is 0.754. The van der Waals surface area contributed by atoms with Crippen LogP contribution >= 0.6 is 11.3 Å². The predicted molar refractivity (Wildman–Crippen MR) is 83.9 cm³/mol. The van der Waals surface area contributed by atoms with Crippen molar-refractivity contribution in [1.82, 2.24) is 9.29 Å². The standard InChI is InChI=1S/C15H14N2O2S2/c18-21(19,15-6-3-9-20-15)17-8-7-12-11-4-1-2-5-13(11)16-14(12)10-17/h1-6,9,16H,7-8,10H2. The Morgan fingerprint density at radius 1 is 1.14 bits per heavy atom. The molecule has 0 radical (unpaired) electrons. The van der Waals surface area contributed by atoms with Gasteiger partial charge in [0.15, 0.2) is 0 Å². The van der Waals surface area contributed by atoms with Gasteiger partial charge in [-0.05, 0) is 29.5 Å². The number of hydrogen-bond donors (Lipinski definition) is 1. The van der Waals surface area contributed by atoms with Crippen molar-refractivity contribution in [1.29, 1.82) is 0 Å². The second-order valence-corrected chi connectivity index (χ2v) is 8.26. The zero-order valence-electron chi connectivity index (χ0n) is 11.2. The Kier molecular flexibility index (Phi) is 2.92. The highest BCUT2D eigenvalue weighted by atomic mass is 32.2. The summed E-state index contributed by atoms with van der Waals surface area (Å²) < 4.78 is 27.2. The van der Waals surface area contributed by atoms with Gasteiger partial charge in [-0.15, -0.1) is 11.3 Å². The van der Waals surface area contributed by atoms with E-state index in [4.69, 9.17) is 0 Å². The molecule has 0 amide bonds. The fourth-order valence-corrected chi connectivity index (χ4v) is 5.46. The van der Waals surface area contributed by atoms with Crippen LogP contribution in [0.3, 0.4) is 0 Å². The average molecular weight is 318 g/mol. The molecule has 2 aromatic heterocycles. The van der Waals surface area contributed by atoms with Crippen LogP contribution in [0.5, 0.6) is 0 Å². The van der Waals surface area contributed by atoms with Gasteiger partial charge in [0.2, 0.25) is 0 Å². The lowest BCUT2D eigenvalue weighted by Gasteiger charge is -2.25. The third kappa shape index (κ3) is 2.02. The number of H-pyrrole nitrogens is 1. The lowest BCUT2D eigenvalue weighted by molar-refractivity contribution is 0.389. The van der Waals surface area contributed by atoms with Crippen LogP contribution in [0.1, 0.15) is 11.3 Å². The van der Waals surface area contributed by atoms with E-state index in [1.54, 1.807) is 21.8 Å². The summed E-state index contributed by atoms with van der Waals surface area (Å²) in [6.45, 7) is 0.958.